The van der Waals surface area contributed by atoms with Crippen LogP contribution in [0, 0.1) is 0 Å². The molecule has 3 rings (SSSR count). The Kier molecular flexibility index (Phi) is 4.80. The van der Waals surface area contributed by atoms with Gasteiger partial charge in [0, 0.05) is 30.1 Å². The number of nitrogens with zero attached hydrogens (tertiary/aromatic N) is 2. The van der Waals surface area contributed by atoms with Crippen LogP contribution in [0.15, 0.2) is 23.6 Å². The number of carbonyl (C=O) groups is 3. The third kappa shape index (κ3) is 3.69. The molecule has 0 radical (unpaired) electrons. The lowest BCUT2D eigenvalue weighted by atomic mass is 10.1. The summed E-state index contributed by atoms with van der Waals surface area (Å²) in [5.74, 6) is -0.656. The summed E-state index contributed by atoms with van der Waals surface area (Å²) in [7, 11) is 1.32. The van der Waals surface area contributed by atoms with Gasteiger partial charge in [-0.1, -0.05) is 0 Å². The summed E-state index contributed by atoms with van der Waals surface area (Å²) >= 11 is 1.25. The Morgan fingerprint density at radius 1 is 1.36 bits per heavy atom. The van der Waals surface area contributed by atoms with Crippen molar-refractivity contribution in [2.24, 2.45) is 0 Å². The molecule has 2 amide bonds. The van der Waals surface area contributed by atoms with Gasteiger partial charge in [0.1, 0.15) is 0 Å². The molecule has 0 unspecified atom stereocenters. The molecule has 1 aromatic heterocycles. The van der Waals surface area contributed by atoms with Crippen molar-refractivity contribution >= 4 is 39.9 Å². The van der Waals surface area contributed by atoms with Crippen molar-refractivity contribution in [3.05, 3.63) is 40.4 Å². The van der Waals surface area contributed by atoms with Crippen LogP contribution < -0.4 is 10.2 Å². The first-order chi connectivity index (χ1) is 12.0. The lowest BCUT2D eigenvalue weighted by Crippen LogP contribution is -2.25. The van der Waals surface area contributed by atoms with E-state index in [1.807, 2.05) is 0 Å². The summed E-state index contributed by atoms with van der Waals surface area (Å²) in [6.45, 7) is 2.17. The van der Waals surface area contributed by atoms with Gasteiger partial charge in [0.15, 0.2) is 5.13 Å². The van der Waals surface area contributed by atoms with Crippen LogP contribution in [0.1, 0.15) is 28.5 Å². The second kappa shape index (κ2) is 7.02. The van der Waals surface area contributed by atoms with E-state index >= 15 is 0 Å². The highest BCUT2D eigenvalue weighted by molar-refractivity contribution is 7.14. The molecule has 2 heterocycles. The fourth-order valence-corrected chi connectivity index (χ4v) is 3.41. The number of hydrogen-bond donors (Lipinski definition) is 1. The maximum Gasteiger partial charge on any atom is 0.311 e. The number of ether oxygens (including phenoxy) is 1. The molecule has 8 heteroatoms. The molecule has 2 aromatic rings. The van der Waals surface area contributed by atoms with E-state index in [0.29, 0.717) is 22.9 Å². The largest absolute Gasteiger partial charge is 0.469 e. The van der Waals surface area contributed by atoms with Crippen molar-refractivity contribution in [1.82, 2.24) is 4.98 Å². The van der Waals surface area contributed by atoms with Gasteiger partial charge in [-0.05, 0) is 30.2 Å². The molecule has 0 bridgehead atoms. The topological polar surface area (TPSA) is 88.6 Å². The lowest BCUT2D eigenvalue weighted by molar-refractivity contribution is -0.139. The predicted molar refractivity (Wildman–Crippen MR) is 94.0 cm³/mol. The van der Waals surface area contributed by atoms with Gasteiger partial charge in [0.2, 0.25) is 5.91 Å². The summed E-state index contributed by atoms with van der Waals surface area (Å²) in [4.78, 5) is 41.1. The summed E-state index contributed by atoms with van der Waals surface area (Å²) < 4.78 is 4.59. The van der Waals surface area contributed by atoms with Crippen LogP contribution in [0.4, 0.5) is 10.8 Å². The summed E-state index contributed by atoms with van der Waals surface area (Å²) in [5.41, 5.74) is 2.90. The molecule has 1 N–H and O–H groups in total. The molecule has 25 heavy (non-hydrogen) atoms. The minimum atomic E-state index is -0.378. The maximum atomic E-state index is 12.4. The van der Waals surface area contributed by atoms with Crippen LogP contribution in [0.25, 0.3) is 0 Å². The minimum Gasteiger partial charge on any atom is -0.469 e. The number of anilines is 2. The Hall–Kier alpha value is -2.74. The van der Waals surface area contributed by atoms with E-state index in [-0.39, 0.29) is 24.2 Å². The van der Waals surface area contributed by atoms with Crippen LogP contribution in [0.2, 0.25) is 0 Å². The van der Waals surface area contributed by atoms with E-state index < -0.39 is 0 Å². The van der Waals surface area contributed by atoms with Crippen molar-refractivity contribution in [2.75, 3.05) is 23.9 Å². The number of carbonyl (C=O) groups excluding carboxylic acids is 3. The number of amides is 2. The van der Waals surface area contributed by atoms with Gasteiger partial charge in [-0.25, -0.2) is 4.98 Å². The van der Waals surface area contributed by atoms with E-state index in [9.17, 15) is 14.4 Å². The number of aromatic nitrogens is 1. The third-order valence-corrected chi connectivity index (χ3v) is 4.75. The van der Waals surface area contributed by atoms with E-state index in [0.717, 1.165) is 17.7 Å². The molecule has 7 nitrogen and oxygen atoms in total. The monoisotopic (exact) mass is 359 g/mol. The highest BCUT2D eigenvalue weighted by Gasteiger charge is 2.23. The number of rotatable bonds is 4. The molecule has 130 valence electrons. The van der Waals surface area contributed by atoms with Crippen molar-refractivity contribution in [1.29, 1.82) is 0 Å². The first-order valence-electron chi connectivity index (χ1n) is 7.71. The normalized spacial score (nSPS) is 12.6. The fourth-order valence-electron chi connectivity index (χ4n) is 2.71. The van der Waals surface area contributed by atoms with Gasteiger partial charge in [-0.2, -0.15) is 0 Å². The number of thiazole rings is 1. The third-order valence-electron chi connectivity index (χ3n) is 3.94. The van der Waals surface area contributed by atoms with Crippen molar-refractivity contribution in [3.8, 4) is 0 Å². The predicted octanol–water partition coefficient (Wildman–Crippen LogP) is 2.02. The van der Waals surface area contributed by atoms with Crippen molar-refractivity contribution in [3.63, 3.8) is 0 Å². The zero-order valence-electron chi connectivity index (χ0n) is 13.9. The molecular weight excluding hydrogens is 342 g/mol. The highest BCUT2D eigenvalue weighted by Crippen LogP contribution is 2.29. The summed E-state index contributed by atoms with van der Waals surface area (Å²) in [6, 6.07) is 5.29. The summed E-state index contributed by atoms with van der Waals surface area (Å²) in [5, 5.41) is 4.86. The van der Waals surface area contributed by atoms with Crippen LogP contribution in [0.5, 0.6) is 0 Å². The van der Waals surface area contributed by atoms with Gasteiger partial charge >= 0.3 is 5.97 Å². The number of esters is 1. The zero-order valence-corrected chi connectivity index (χ0v) is 14.7. The van der Waals surface area contributed by atoms with Crippen LogP contribution in [-0.4, -0.2) is 36.4 Å². The fraction of sp³-hybridized carbons (Fsp3) is 0.294. The number of nitrogens with one attached hydrogen (secondary N) is 1. The number of benzene rings is 1. The molecular formula is C17H17N3O4S. The SMILES string of the molecule is COC(=O)Cc1csc(NC(=O)c2ccc3c(c2)CCN3C(C)=O)n1. The highest BCUT2D eigenvalue weighted by atomic mass is 32.1. The molecule has 1 aliphatic rings. The number of methoxy groups -OCH3 is 1. The lowest BCUT2D eigenvalue weighted by Gasteiger charge is -2.14. The van der Waals surface area contributed by atoms with Gasteiger partial charge < -0.3 is 9.64 Å². The van der Waals surface area contributed by atoms with Crippen LogP contribution in [-0.2, 0) is 27.2 Å². The van der Waals surface area contributed by atoms with Gasteiger partial charge in [-0.15, -0.1) is 11.3 Å². The Morgan fingerprint density at radius 3 is 2.88 bits per heavy atom. The van der Waals surface area contributed by atoms with E-state index in [1.165, 1.54) is 25.4 Å². The average Bonchev–Trinajstić information content (AvgIpc) is 3.20. The van der Waals surface area contributed by atoms with Gasteiger partial charge in [0.05, 0.1) is 19.2 Å². The van der Waals surface area contributed by atoms with Gasteiger partial charge in [-0.3, -0.25) is 19.7 Å². The maximum absolute atomic E-state index is 12.4. The van der Waals surface area contributed by atoms with E-state index in [2.05, 4.69) is 15.0 Å². The van der Waals surface area contributed by atoms with Crippen molar-refractivity contribution < 1.29 is 19.1 Å². The molecule has 0 aliphatic carbocycles. The zero-order chi connectivity index (χ0) is 18.0. The quantitative estimate of drug-likeness (QED) is 0.844. The molecule has 0 atom stereocenters. The molecule has 0 fully saturated rings. The first kappa shape index (κ1) is 17.1. The number of hydrogen-bond acceptors (Lipinski definition) is 6. The number of fused-ring (bicyclic) bond motifs is 1. The Labute approximate surface area is 148 Å². The van der Waals surface area contributed by atoms with Crippen LogP contribution >= 0.6 is 11.3 Å². The molecule has 0 saturated heterocycles. The standard InChI is InChI=1S/C17H17N3O4S/c1-10(21)20-6-5-11-7-12(3-4-14(11)20)16(23)19-17-18-13(9-25-17)8-15(22)24-2/h3-4,7,9H,5-6,8H2,1-2H3,(H,18,19,23). The summed E-state index contributed by atoms with van der Waals surface area (Å²) in [6.07, 6.45) is 0.805. The molecule has 0 saturated carbocycles. The second-order valence-electron chi connectivity index (χ2n) is 5.62. The van der Waals surface area contributed by atoms with E-state index in [4.69, 9.17) is 0 Å². The smallest absolute Gasteiger partial charge is 0.311 e. The van der Waals surface area contributed by atoms with Gasteiger partial charge in [0.25, 0.3) is 5.91 Å². The average molecular weight is 359 g/mol. The van der Waals surface area contributed by atoms with Crippen LogP contribution in [0.3, 0.4) is 0 Å². The second-order valence-corrected chi connectivity index (χ2v) is 6.47. The Bertz CT molecular complexity index is 846. The minimum absolute atomic E-state index is 0.00290. The first-order valence-corrected chi connectivity index (χ1v) is 8.59. The molecule has 1 aliphatic heterocycles. The Balaban J connectivity index is 1.70. The van der Waals surface area contributed by atoms with E-state index in [1.54, 1.807) is 28.5 Å². The molecule has 0 spiro atoms. The van der Waals surface area contributed by atoms with Crippen molar-refractivity contribution in [2.45, 2.75) is 19.8 Å². The molecule has 1 aromatic carbocycles. The Morgan fingerprint density at radius 2 is 2.16 bits per heavy atom.